The Hall–Kier alpha value is -1.88. The molecule has 0 saturated heterocycles. The SMILES string of the molecule is O=C(O)c1ccccc1C(=O)O.[CH2]CCCO. The highest BCUT2D eigenvalue weighted by molar-refractivity contribution is 6.01. The van der Waals surface area contributed by atoms with E-state index in [0.717, 1.165) is 12.8 Å². The van der Waals surface area contributed by atoms with Gasteiger partial charge in [-0.05, 0) is 18.6 Å². The average molecular weight is 239 g/mol. The lowest BCUT2D eigenvalue weighted by Crippen LogP contribution is -2.06. The van der Waals surface area contributed by atoms with Crippen molar-refractivity contribution in [1.82, 2.24) is 0 Å². The lowest BCUT2D eigenvalue weighted by Gasteiger charge is -1.98. The highest BCUT2D eigenvalue weighted by Crippen LogP contribution is 2.07. The third kappa shape index (κ3) is 5.67. The van der Waals surface area contributed by atoms with Gasteiger partial charge in [-0.1, -0.05) is 25.5 Å². The molecule has 93 valence electrons. The van der Waals surface area contributed by atoms with Crippen LogP contribution in [0.2, 0.25) is 0 Å². The molecule has 0 heterocycles. The van der Waals surface area contributed by atoms with Crippen LogP contribution < -0.4 is 0 Å². The molecule has 0 aliphatic rings. The number of hydrogen-bond acceptors (Lipinski definition) is 3. The summed E-state index contributed by atoms with van der Waals surface area (Å²) in [6.07, 6.45) is 1.68. The van der Waals surface area contributed by atoms with Gasteiger partial charge in [0.05, 0.1) is 11.1 Å². The molecule has 17 heavy (non-hydrogen) atoms. The van der Waals surface area contributed by atoms with E-state index in [1.165, 1.54) is 24.3 Å². The zero-order chi connectivity index (χ0) is 13.3. The zero-order valence-corrected chi connectivity index (χ0v) is 9.30. The van der Waals surface area contributed by atoms with Crippen LogP contribution in [0.4, 0.5) is 0 Å². The third-order valence-corrected chi connectivity index (χ3v) is 1.80. The van der Waals surface area contributed by atoms with Crippen LogP contribution in [0.1, 0.15) is 33.6 Å². The molecule has 1 rings (SSSR count). The smallest absolute Gasteiger partial charge is 0.336 e. The highest BCUT2D eigenvalue weighted by atomic mass is 16.4. The molecule has 0 aliphatic carbocycles. The van der Waals surface area contributed by atoms with Crippen LogP contribution in [0.25, 0.3) is 0 Å². The van der Waals surface area contributed by atoms with E-state index in [9.17, 15) is 9.59 Å². The van der Waals surface area contributed by atoms with Gasteiger partial charge in [-0.15, -0.1) is 0 Å². The monoisotopic (exact) mass is 239 g/mol. The molecule has 1 aromatic carbocycles. The number of aliphatic hydroxyl groups is 1. The van der Waals surface area contributed by atoms with Crippen LogP contribution in [0.3, 0.4) is 0 Å². The number of hydrogen-bond donors (Lipinski definition) is 3. The van der Waals surface area contributed by atoms with E-state index in [1.54, 1.807) is 0 Å². The summed E-state index contributed by atoms with van der Waals surface area (Å²) in [5.74, 6) is -2.46. The lowest BCUT2D eigenvalue weighted by molar-refractivity contribution is 0.0651. The Kier molecular flexibility index (Phi) is 7.38. The number of carbonyl (C=O) groups is 2. The minimum atomic E-state index is -1.23. The molecule has 0 aliphatic heterocycles. The summed E-state index contributed by atoms with van der Waals surface area (Å²) in [4.78, 5) is 20.9. The maximum absolute atomic E-state index is 10.5. The second-order valence-corrected chi connectivity index (χ2v) is 3.09. The van der Waals surface area contributed by atoms with Crippen molar-refractivity contribution in [1.29, 1.82) is 0 Å². The summed E-state index contributed by atoms with van der Waals surface area (Å²) < 4.78 is 0. The first-order valence-electron chi connectivity index (χ1n) is 5.00. The Morgan fingerprint density at radius 3 is 1.65 bits per heavy atom. The molecule has 0 spiro atoms. The van der Waals surface area contributed by atoms with Crippen molar-refractivity contribution < 1.29 is 24.9 Å². The van der Waals surface area contributed by atoms with E-state index in [1.807, 2.05) is 0 Å². The van der Waals surface area contributed by atoms with Crippen molar-refractivity contribution in [3.05, 3.63) is 42.3 Å². The Balaban J connectivity index is 0.000000437. The third-order valence-electron chi connectivity index (χ3n) is 1.80. The molecule has 1 radical (unpaired) electrons. The number of aliphatic hydroxyl groups excluding tert-OH is 1. The van der Waals surface area contributed by atoms with Crippen molar-refractivity contribution in [2.24, 2.45) is 0 Å². The maximum Gasteiger partial charge on any atom is 0.336 e. The van der Waals surface area contributed by atoms with Gasteiger partial charge in [0.25, 0.3) is 0 Å². The lowest BCUT2D eigenvalue weighted by atomic mass is 10.1. The van der Waals surface area contributed by atoms with E-state index >= 15 is 0 Å². The first-order chi connectivity index (χ1) is 8.04. The Morgan fingerprint density at radius 1 is 1.06 bits per heavy atom. The summed E-state index contributed by atoms with van der Waals surface area (Å²) in [6.45, 7) is 3.80. The molecule has 0 saturated carbocycles. The second kappa shape index (κ2) is 8.29. The maximum atomic E-state index is 10.5. The van der Waals surface area contributed by atoms with Gasteiger partial charge >= 0.3 is 11.9 Å². The average Bonchev–Trinajstić information content (AvgIpc) is 2.30. The van der Waals surface area contributed by atoms with E-state index in [2.05, 4.69) is 6.92 Å². The summed E-state index contributed by atoms with van der Waals surface area (Å²) >= 11 is 0. The molecule has 5 heteroatoms. The topological polar surface area (TPSA) is 94.8 Å². The molecule has 3 N–H and O–H groups in total. The summed E-state index contributed by atoms with van der Waals surface area (Å²) in [5.41, 5.74) is -0.380. The van der Waals surface area contributed by atoms with Gasteiger partial charge in [0.15, 0.2) is 0 Å². The Bertz CT molecular complexity index is 338. The number of carboxylic acid groups (broad SMARTS) is 2. The molecule has 0 atom stereocenters. The molecular weight excluding hydrogens is 224 g/mol. The molecule has 0 unspecified atom stereocenters. The standard InChI is InChI=1S/C8H6O4.C4H9O/c9-7(10)5-3-1-2-4-6(5)8(11)12;1-2-3-4-5/h1-4H,(H,9,10)(H,11,12);5H,1-4H2. The van der Waals surface area contributed by atoms with Gasteiger partial charge in [-0.3, -0.25) is 0 Å². The molecule has 0 fully saturated rings. The number of aromatic carboxylic acids is 2. The van der Waals surface area contributed by atoms with Crippen LogP contribution in [0.15, 0.2) is 24.3 Å². The van der Waals surface area contributed by atoms with Crippen LogP contribution in [0, 0.1) is 6.92 Å². The van der Waals surface area contributed by atoms with Crippen molar-refractivity contribution in [3.8, 4) is 0 Å². The van der Waals surface area contributed by atoms with Crippen LogP contribution in [0.5, 0.6) is 0 Å². The number of benzene rings is 1. The highest BCUT2D eigenvalue weighted by Gasteiger charge is 2.13. The Labute approximate surface area is 99.3 Å². The molecular formula is C12H15O5. The molecule has 0 aromatic heterocycles. The Morgan fingerprint density at radius 2 is 1.47 bits per heavy atom. The van der Waals surface area contributed by atoms with Crippen molar-refractivity contribution in [2.45, 2.75) is 12.8 Å². The van der Waals surface area contributed by atoms with Gasteiger partial charge < -0.3 is 15.3 Å². The van der Waals surface area contributed by atoms with Crippen molar-refractivity contribution in [2.75, 3.05) is 6.61 Å². The van der Waals surface area contributed by atoms with E-state index in [4.69, 9.17) is 15.3 Å². The largest absolute Gasteiger partial charge is 0.478 e. The van der Waals surface area contributed by atoms with Crippen molar-refractivity contribution in [3.63, 3.8) is 0 Å². The predicted molar refractivity (Wildman–Crippen MR) is 62.0 cm³/mol. The van der Waals surface area contributed by atoms with Crippen LogP contribution in [-0.4, -0.2) is 33.9 Å². The predicted octanol–water partition coefficient (Wildman–Crippen LogP) is 1.68. The first kappa shape index (κ1) is 15.1. The molecule has 0 bridgehead atoms. The van der Waals surface area contributed by atoms with Crippen molar-refractivity contribution >= 4 is 11.9 Å². The quantitative estimate of drug-likeness (QED) is 0.743. The fraction of sp³-hybridized carbons (Fsp3) is 0.250. The summed E-state index contributed by atoms with van der Waals surface area (Å²) in [7, 11) is 0. The zero-order valence-electron chi connectivity index (χ0n) is 9.30. The summed E-state index contributed by atoms with van der Waals surface area (Å²) in [5, 5.41) is 25.1. The van der Waals surface area contributed by atoms with E-state index in [0.29, 0.717) is 0 Å². The van der Waals surface area contributed by atoms with Crippen LogP contribution in [-0.2, 0) is 0 Å². The fourth-order valence-electron chi connectivity index (χ4n) is 0.968. The van der Waals surface area contributed by atoms with Gasteiger partial charge in [0, 0.05) is 6.61 Å². The fourth-order valence-corrected chi connectivity index (χ4v) is 0.968. The normalized spacial score (nSPS) is 9.06. The minimum Gasteiger partial charge on any atom is -0.478 e. The first-order valence-corrected chi connectivity index (χ1v) is 5.00. The number of unbranched alkanes of at least 4 members (excludes halogenated alkanes) is 1. The van der Waals surface area contributed by atoms with Gasteiger partial charge in [-0.2, -0.15) is 0 Å². The molecule has 5 nitrogen and oxygen atoms in total. The second-order valence-electron chi connectivity index (χ2n) is 3.09. The van der Waals surface area contributed by atoms with Gasteiger partial charge in [-0.25, -0.2) is 9.59 Å². The molecule has 1 aromatic rings. The number of rotatable bonds is 4. The minimum absolute atomic E-state index is 0.190. The van der Waals surface area contributed by atoms with Crippen LogP contribution >= 0.6 is 0 Å². The molecule has 0 amide bonds. The van der Waals surface area contributed by atoms with E-state index < -0.39 is 11.9 Å². The van der Waals surface area contributed by atoms with Gasteiger partial charge in [0.1, 0.15) is 0 Å². The van der Waals surface area contributed by atoms with Gasteiger partial charge in [0.2, 0.25) is 0 Å². The summed E-state index contributed by atoms with van der Waals surface area (Å²) in [6, 6.07) is 5.48. The number of carboxylic acids is 2. The van der Waals surface area contributed by atoms with E-state index in [-0.39, 0.29) is 17.7 Å².